The zero-order valence-electron chi connectivity index (χ0n) is 28.7. The summed E-state index contributed by atoms with van der Waals surface area (Å²) in [7, 11) is 0. The highest BCUT2D eigenvalue weighted by Crippen LogP contribution is 2.67. The molecule has 5 heteroatoms. The second kappa shape index (κ2) is 12.8. The van der Waals surface area contributed by atoms with Gasteiger partial charge in [-0.1, -0.05) is 79.4 Å². The second-order valence-electron chi connectivity index (χ2n) is 17.0. The number of fused-ring (bicyclic) bond motifs is 5. The molecule has 5 nitrogen and oxygen atoms in total. The maximum absolute atomic E-state index is 13.3. The zero-order valence-corrected chi connectivity index (χ0v) is 28.7. The predicted molar refractivity (Wildman–Crippen MR) is 171 cm³/mol. The number of allylic oxidation sites excluding steroid dienone is 1. The standard InChI is InChI=1S/C37H63NO4/c1-23(2)12-11-13-25(5)29-16-17-30-28-15-14-26-22-27(18-20-36(26,9)31(28)19-21-37(29,30)10)41-33(39)32(24(3)4)38-34(40)42-35(6,7)8/h14,23-25,27-32H,11-13,15-22H2,1-10H3,(H,38,40)/t25-,27+,28+,29-,30+,31+,32+,36+,37-/m1/s1. The number of rotatable bonds is 9. The fourth-order valence-electron chi connectivity index (χ4n) is 9.92. The molecule has 42 heavy (non-hydrogen) atoms. The van der Waals surface area contributed by atoms with E-state index >= 15 is 0 Å². The maximum atomic E-state index is 13.3. The molecule has 0 spiro atoms. The van der Waals surface area contributed by atoms with Gasteiger partial charge in [0.1, 0.15) is 17.7 Å². The molecule has 4 aliphatic rings. The smallest absolute Gasteiger partial charge is 0.408 e. The van der Waals surface area contributed by atoms with E-state index in [1.807, 2.05) is 34.6 Å². The average Bonchev–Trinajstić information content (AvgIpc) is 3.23. The Balaban J connectivity index is 1.39. The van der Waals surface area contributed by atoms with E-state index in [0.29, 0.717) is 5.41 Å². The Morgan fingerprint density at radius 2 is 1.69 bits per heavy atom. The number of hydrogen-bond acceptors (Lipinski definition) is 4. The summed E-state index contributed by atoms with van der Waals surface area (Å²) >= 11 is 0. The summed E-state index contributed by atoms with van der Waals surface area (Å²) in [4.78, 5) is 25.7. The number of hydrogen-bond donors (Lipinski definition) is 1. The van der Waals surface area contributed by atoms with E-state index in [2.05, 4.69) is 46.0 Å². The first kappa shape index (κ1) is 33.4. The van der Waals surface area contributed by atoms with Crippen molar-refractivity contribution >= 4 is 12.1 Å². The van der Waals surface area contributed by atoms with E-state index in [-0.39, 0.29) is 23.4 Å². The van der Waals surface area contributed by atoms with E-state index in [9.17, 15) is 9.59 Å². The molecule has 4 aliphatic carbocycles. The number of carbonyl (C=O) groups is 2. The molecule has 1 amide bonds. The molecule has 0 aromatic heterocycles. The Labute approximate surface area is 257 Å². The number of ether oxygens (including phenoxy) is 2. The van der Waals surface area contributed by atoms with Gasteiger partial charge in [0.15, 0.2) is 0 Å². The predicted octanol–water partition coefficient (Wildman–Crippen LogP) is 9.49. The lowest BCUT2D eigenvalue weighted by Gasteiger charge is -2.58. The normalized spacial score (nSPS) is 35.9. The van der Waals surface area contributed by atoms with Crippen molar-refractivity contribution in [1.82, 2.24) is 5.32 Å². The molecule has 0 aliphatic heterocycles. The van der Waals surface area contributed by atoms with Gasteiger partial charge in [-0.2, -0.15) is 0 Å². The number of alkyl carbamates (subject to hydrolysis) is 1. The first-order valence-electron chi connectivity index (χ1n) is 17.4. The van der Waals surface area contributed by atoms with Crippen LogP contribution in [-0.2, 0) is 14.3 Å². The third kappa shape index (κ3) is 7.06. The summed E-state index contributed by atoms with van der Waals surface area (Å²) in [5, 5.41) is 2.77. The SMILES string of the molecule is CC(C)CCC[C@@H](C)[C@H]1CC[C@H]2[C@@H]3CC=C4C[C@@H](OC(=O)[C@@H](NC(=O)OC(C)(C)C)C(C)C)CC[C@]4(C)[C@H]3CC[C@]12C. The Hall–Kier alpha value is -1.52. The van der Waals surface area contributed by atoms with Gasteiger partial charge < -0.3 is 14.8 Å². The number of carbonyl (C=O) groups excluding carboxylic acids is 2. The lowest BCUT2D eigenvalue weighted by molar-refractivity contribution is -0.155. The van der Waals surface area contributed by atoms with Crippen LogP contribution in [0.25, 0.3) is 0 Å². The van der Waals surface area contributed by atoms with Gasteiger partial charge >= 0.3 is 12.1 Å². The van der Waals surface area contributed by atoms with Crippen molar-refractivity contribution in [3.63, 3.8) is 0 Å². The third-order valence-corrected chi connectivity index (χ3v) is 12.1. The molecule has 0 aromatic rings. The summed E-state index contributed by atoms with van der Waals surface area (Å²) in [6, 6.07) is -0.711. The van der Waals surface area contributed by atoms with Crippen molar-refractivity contribution < 1.29 is 19.1 Å². The maximum Gasteiger partial charge on any atom is 0.408 e. The molecule has 3 fully saturated rings. The molecule has 0 saturated heterocycles. The molecule has 0 heterocycles. The van der Waals surface area contributed by atoms with Crippen molar-refractivity contribution in [3.8, 4) is 0 Å². The summed E-state index contributed by atoms with van der Waals surface area (Å²) in [6.07, 6.45) is 15.6. The van der Waals surface area contributed by atoms with Crippen molar-refractivity contribution in [2.75, 3.05) is 0 Å². The van der Waals surface area contributed by atoms with Crippen LogP contribution in [0.4, 0.5) is 4.79 Å². The van der Waals surface area contributed by atoms with E-state index in [0.717, 1.165) is 54.8 Å². The Morgan fingerprint density at radius 1 is 0.976 bits per heavy atom. The second-order valence-corrected chi connectivity index (χ2v) is 17.0. The minimum atomic E-state index is -0.711. The molecule has 4 rings (SSSR count). The minimum absolute atomic E-state index is 0.0850. The molecular weight excluding hydrogens is 522 g/mol. The van der Waals surface area contributed by atoms with Crippen LogP contribution in [0.3, 0.4) is 0 Å². The Morgan fingerprint density at radius 3 is 2.33 bits per heavy atom. The van der Waals surface area contributed by atoms with Crippen LogP contribution in [0.1, 0.15) is 140 Å². The quantitative estimate of drug-likeness (QED) is 0.216. The Kier molecular flexibility index (Phi) is 10.2. The molecule has 240 valence electrons. The highest BCUT2D eigenvalue weighted by atomic mass is 16.6. The highest BCUT2D eigenvalue weighted by molar-refractivity contribution is 5.81. The van der Waals surface area contributed by atoms with Gasteiger partial charge in [-0.25, -0.2) is 9.59 Å². The summed E-state index contributed by atoms with van der Waals surface area (Å²) in [5.41, 5.74) is 1.63. The molecule has 3 saturated carbocycles. The van der Waals surface area contributed by atoms with Crippen LogP contribution in [0, 0.1) is 52.3 Å². The van der Waals surface area contributed by atoms with Gasteiger partial charge in [-0.15, -0.1) is 0 Å². The minimum Gasteiger partial charge on any atom is -0.461 e. The molecule has 0 radical (unpaired) electrons. The van der Waals surface area contributed by atoms with Gasteiger partial charge in [-0.3, -0.25) is 0 Å². The van der Waals surface area contributed by atoms with Crippen molar-refractivity contribution in [2.45, 2.75) is 158 Å². The largest absolute Gasteiger partial charge is 0.461 e. The molecule has 0 bridgehead atoms. The highest BCUT2D eigenvalue weighted by Gasteiger charge is 2.59. The van der Waals surface area contributed by atoms with Crippen molar-refractivity contribution in [3.05, 3.63) is 11.6 Å². The van der Waals surface area contributed by atoms with Gasteiger partial charge in [0.2, 0.25) is 0 Å². The van der Waals surface area contributed by atoms with Gasteiger partial charge in [-0.05, 0) is 118 Å². The third-order valence-electron chi connectivity index (χ3n) is 12.1. The van der Waals surface area contributed by atoms with Gasteiger partial charge in [0.25, 0.3) is 0 Å². The topological polar surface area (TPSA) is 64.6 Å². The molecule has 1 N–H and O–H groups in total. The van der Waals surface area contributed by atoms with Gasteiger partial charge in [0, 0.05) is 6.42 Å². The fraction of sp³-hybridized carbons (Fsp3) is 0.892. The summed E-state index contributed by atoms with van der Waals surface area (Å²) < 4.78 is 11.5. The fourth-order valence-corrected chi connectivity index (χ4v) is 9.92. The summed E-state index contributed by atoms with van der Waals surface area (Å²) in [5.74, 6) is 4.51. The van der Waals surface area contributed by atoms with Crippen LogP contribution in [0.5, 0.6) is 0 Å². The number of esters is 1. The van der Waals surface area contributed by atoms with Gasteiger partial charge in [0.05, 0.1) is 0 Å². The van der Waals surface area contributed by atoms with Crippen LogP contribution in [0.2, 0.25) is 0 Å². The van der Waals surface area contributed by atoms with E-state index in [1.54, 1.807) is 0 Å². The summed E-state index contributed by atoms with van der Waals surface area (Å²) in [6.45, 7) is 21.8. The molecule has 0 aromatic carbocycles. The molecule has 0 unspecified atom stereocenters. The first-order valence-corrected chi connectivity index (χ1v) is 17.4. The monoisotopic (exact) mass is 585 g/mol. The van der Waals surface area contributed by atoms with E-state index < -0.39 is 17.7 Å². The lowest BCUT2D eigenvalue weighted by Crippen LogP contribution is -2.51. The average molecular weight is 586 g/mol. The number of amides is 1. The van der Waals surface area contributed by atoms with E-state index in [1.165, 1.54) is 56.9 Å². The molecular formula is C37H63NO4. The Bertz CT molecular complexity index is 994. The zero-order chi connectivity index (χ0) is 31.0. The lowest BCUT2D eigenvalue weighted by atomic mass is 9.47. The van der Waals surface area contributed by atoms with Crippen molar-refractivity contribution in [1.29, 1.82) is 0 Å². The number of nitrogens with one attached hydrogen (secondary N) is 1. The van der Waals surface area contributed by atoms with Crippen LogP contribution < -0.4 is 5.32 Å². The van der Waals surface area contributed by atoms with Crippen LogP contribution in [-0.4, -0.2) is 29.8 Å². The van der Waals surface area contributed by atoms with E-state index in [4.69, 9.17) is 9.47 Å². The van der Waals surface area contributed by atoms with Crippen LogP contribution in [0.15, 0.2) is 11.6 Å². The first-order chi connectivity index (χ1) is 19.5. The van der Waals surface area contributed by atoms with Crippen LogP contribution >= 0.6 is 0 Å². The van der Waals surface area contributed by atoms with Crippen molar-refractivity contribution in [2.24, 2.45) is 52.3 Å². The molecule has 9 atom stereocenters.